The Morgan fingerprint density at radius 2 is 2.00 bits per heavy atom. The number of phenolic OH excluding ortho intramolecular Hbond substituents is 2. The van der Waals surface area contributed by atoms with E-state index in [9.17, 15) is 14.6 Å². The maximum atomic E-state index is 13.4. The number of phenols is 2. The third kappa shape index (κ3) is 1.97. The van der Waals surface area contributed by atoms with Crippen molar-refractivity contribution in [2.45, 2.75) is 13.3 Å². The molecule has 5 heteroatoms. The fourth-order valence-corrected chi connectivity index (χ4v) is 2.11. The quantitative estimate of drug-likeness (QED) is 0.748. The van der Waals surface area contributed by atoms with Gasteiger partial charge in [-0.05, 0) is 30.7 Å². The molecule has 0 amide bonds. The minimum atomic E-state index is -0.733. The monoisotopic (exact) mass is 273 g/mol. The predicted molar refractivity (Wildman–Crippen MR) is 72.1 cm³/mol. The summed E-state index contributed by atoms with van der Waals surface area (Å²) in [6.45, 7) is 1.94. The van der Waals surface area contributed by atoms with Crippen molar-refractivity contribution in [3.05, 3.63) is 41.7 Å². The second kappa shape index (κ2) is 4.52. The molecule has 20 heavy (non-hydrogen) atoms. The summed E-state index contributed by atoms with van der Waals surface area (Å²) in [6.07, 6.45) is 0.684. The third-order valence-corrected chi connectivity index (χ3v) is 3.13. The van der Waals surface area contributed by atoms with Crippen LogP contribution in [0.2, 0.25) is 0 Å². The van der Waals surface area contributed by atoms with Crippen molar-refractivity contribution >= 4 is 11.1 Å². The van der Waals surface area contributed by atoms with Crippen molar-refractivity contribution < 1.29 is 19.0 Å². The van der Waals surface area contributed by atoms with Gasteiger partial charge in [-0.2, -0.15) is 0 Å². The summed E-state index contributed by atoms with van der Waals surface area (Å²) in [6, 6.07) is 7.05. The molecule has 0 fully saturated rings. The van der Waals surface area contributed by atoms with Crippen LogP contribution >= 0.6 is 0 Å². The molecule has 1 aromatic heterocycles. The first kappa shape index (κ1) is 12.5. The molecule has 0 saturated heterocycles. The van der Waals surface area contributed by atoms with Gasteiger partial charge in [0.05, 0.1) is 0 Å². The Morgan fingerprint density at radius 1 is 1.20 bits per heavy atom. The zero-order valence-electron chi connectivity index (χ0n) is 10.7. The molecule has 0 aliphatic heterocycles. The van der Waals surface area contributed by atoms with E-state index in [4.69, 9.17) is 4.42 Å². The number of halogens is 1. The van der Waals surface area contributed by atoms with E-state index in [-0.39, 0.29) is 11.6 Å². The number of aromatic nitrogens is 1. The van der Waals surface area contributed by atoms with Gasteiger partial charge >= 0.3 is 0 Å². The molecule has 0 aliphatic rings. The van der Waals surface area contributed by atoms with Crippen LogP contribution in [0.4, 0.5) is 4.39 Å². The molecule has 1 heterocycles. The van der Waals surface area contributed by atoms with Crippen LogP contribution in [0.15, 0.2) is 34.7 Å². The van der Waals surface area contributed by atoms with E-state index in [1.54, 1.807) is 6.07 Å². The van der Waals surface area contributed by atoms with Gasteiger partial charge in [-0.15, -0.1) is 0 Å². The number of benzene rings is 2. The van der Waals surface area contributed by atoms with Crippen molar-refractivity contribution in [2.24, 2.45) is 0 Å². The van der Waals surface area contributed by atoms with Crippen molar-refractivity contribution in [3.8, 4) is 23.0 Å². The van der Waals surface area contributed by atoms with Gasteiger partial charge in [0.2, 0.25) is 5.89 Å². The SMILES string of the molecule is CCc1cc(O)cc2nc(-c3ccc(O)c(F)c3)oc12. The van der Waals surface area contributed by atoms with Crippen LogP contribution < -0.4 is 0 Å². The molecular weight excluding hydrogens is 261 g/mol. The van der Waals surface area contributed by atoms with Crippen molar-refractivity contribution in [1.29, 1.82) is 0 Å². The predicted octanol–water partition coefficient (Wildman–Crippen LogP) is 3.61. The standard InChI is InChI=1S/C15H12FNO3/c1-2-8-5-10(18)7-12-14(8)20-15(17-12)9-3-4-13(19)11(16)6-9/h3-7,18-19H,2H2,1H3. The highest BCUT2D eigenvalue weighted by Crippen LogP contribution is 2.31. The molecule has 0 saturated carbocycles. The van der Waals surface area contributed by atoms with Gasteiger partial charge < -0.3 is 14.6 Å². The van der Waals surface area contributed by atoms with Crippen molar-refractivity contribution in [1.82, 2.24) is 4.98 Å². The first-order chi connectivity index (χ1) is 9.58. The summed E-state index contributed by atoms with van der Waals surface area (Å²) >= 11 is 0. The molecule has 102 valence electrons. The fraction of sp³-hybridized carbons (Fsp3) is 0.133. The Balaban J connectivity index is 2.19. The third-order valence-electron chi connectivity index (χ3n) is 3.13. The van der Waals surface area contributed by atoms with Gasteiger partial charge in [0.15, 0.2) is 17.1 Å². The molecule has 0 aliphatic carbocycles. The van der Waals surface area contributed by atoms with Gasteiger partial charge in [0.1, 0.15) is 11.3 Å². The Bertz CT molecular complexity index is 795. The lowest BCUT2D eigenvalue weighted by atomic mass is 10.1. The molecule has 0 bridgehead atoms. The topological polar surface area (TPSA) is 66.5 Å². The number of aryl methyl sites for hydroxylation is 1. The van der Waals surface area contributed by atoms with E-state index in [2.05, 4.69) is 4.98 Å². The van der Waals surface area contributed by atoms with Crippen LogP contribution in [-0.4, -0.2) is 15.2 Å². The summed E-state index contributed by atoms with van der Waals surface area (Å²) in [5, 5.41) is 18.8. The normalized spacial score (nSPS) is 11.1. The molecule has 0 radical (unpaired) electrons. The van der Waals surface area contributed by atoms with Crippen LogP contribution in [-0.2, 0) is 6.42 Å². The van der Waals surface area contributed by atoms with Crippen molar-refractivity contribution in [3.63, 3.8) is 0 Å². The number of nitrogens with zero attached hydrogens (tertiary/aromatic N) is 1. The Hall–Kier alpha value is -2.56. The highest BCUT2D eigenvalue weighted by molar-refractivity contribution is 5.81. The Labute approximate surface area is 114 Å². The molecule has 0 atom stereocenters. The molecule has 4 nitrogen and oxygen atoms in total. The summed E-state index contributed by atoms with van der Waals surface area (Å²) in [5.41, 5.74) is 2.36. The number of fused-ring (bicyclic) bond motifs is 1. The minimum absolute atomic E-state index is 0.117. The van der Waals surface area contributed by atoms with Gasteiger partial charge in [0.25, 0.3) is 0 Å². The van der Waals surface area contributed by atoms with Crippen molar-refractivity contribution in [2.75, 3.05) is 0 Å². The van der Waals surface area contributed by atoms with E-state index in [1.807, 2.05) is 6.92 Å². The van der Waals surface area contributed by atoms with E-state index >= 15 is 0 Å². The van der Waals surface area contributed by atoms with E-state index in [0.717, 1.165) is 11.6 Å². The number of rotatable bonds is 2. The zero-order valence-corrected chi connectivity index (χ0v) is 10.7. The van der Waals surface area contributed by atoms with E-state index in [0.29, 0.717) is 23.1 Å². The highest BCUT2D eigenvalue weighted by Gasteiger charge is 2.14. The lowest BCUT2D eigenvalue weighted by molar-refractivity contribution is 0.432. The van der Waals surface area contributed by atoms with E-state index < -0.39 is 11.6 Å². The first-order valence-corrected chi connectivity index (χ1v) is 6.20. The minimum Gasteiger partial charge on any atom is -0.508 e. The summed E-state index contributed by atoms with van der Waals surface area (Å²) in [7, 11) is 0. The second-order valence-corrected chi connectivity index (χ2v) is 4.49. The molecule has 0 spiro atoms. The number of oxazole rings is 1. The van der Waals surface area contributed by atoms with Gasteiger partial charge in [-0.1, -0.05) is 6.92 Å². The maximum absolute atomic E-state index is 13.4. The summed E-state index contributed by atoms with van der Waals surface area (Å²) in [5.74, 6) is -0.787. The van der Waals surface area contributed by atoms with Gasteiger partial charge in [-0.25, -0.2) is 9.37 Å². The molecular formula is C15H12FNO3. The van der Waals surface area contributed by atoms with Gasteiger partial charge in [-0.3, -0.25) is 0 Å². The van der Waals surface area contributed by atoms with Gasteiger partial charge in [0, 0.05) is 17.2 Å². The number of hydrogen-bond donors (Lipinski definition) is 2. The number of aromatic hydroxyl groups is 2. The highest BCUT2D eigenvalue weighted by atomic mass is 19.1. The fourth-order valence-electron chi connectivity index (χ4n) is 2.11. The van der Waals surface area contributed by atoms with Crippen LogP contribution in [0.3, 0.4) is 0 Å². The Morgan fingerprint density at radius 3 is 2.70 bits per heavy atom. The molecule has 3 aromatic rings. The average molecular weight is 273 g/mol. The van der Waals surface area contributed by atoms with Crippen LogP contribution in [0, 0.1) is 5.82 Å². The Kier molecular flexibility index (Phi) is 2.82. The second-order valence-electron chi connectivity index (χ2n) is 4.49. The lowest BCUT2D eigenvalue weighted by Gasteiger charge is -1.98. The zero-order chi connectivity index (χ0) is 14.3. The lowest BCUT2D eigenvalue weighted by Crippen LogP contribution is -1.81. The summed E-state index contributed by atoms with van der Waals surface area (Å²) in [4.78, 5) is 4.25. The number of hydrogen-bond acceptors (Lipinski definition) is 4. The summed E-state index contributed by atoms with van der Waals surface area (Å²) < 4.78 is 19.0. The molecule has 3 rings (SSSR count). The van der Waals surface area contributed by atoms with Crippen LogP contribution in [0.5, 0.6) is 11.5 Å². The molecule has 0 unspecified atom stereocenters. The van der Waals surface area contributed by atoms with E-state index in [1.165, 1.54) is 18.2 Å². The van der Waals surface area contributed by atoms with Crippen LogP contribution in [0.25, 0.3) is 22.6 Å². The largest absolute Gasteiger partial charge is 0.508 e. The maximum Gasteiger partial charge on any atom is 0.227 e. The molecule has 2 N–H and O–H groups in total. The average Bonchev–Trinajstić information content (AvgIpc) is 2.84. The smallest absolute Gasteiger partial charge is 0.227 e. The molecule has 2 aromatic carbocycles. The van der Waals surface area contributed by atoms with Crippen LogP contribution in [0.1, 0.15) is 12.5 Å². The first-order valence-electron chi connectivity index (χ1n) is 6.20.